The van der Waals surface area contributed by atoms with Crippen molar-refractivity contribution < 1.29 is 9.32 Å². The van der Waals surface area contributed by atoms with E-state index in [1.54, 1.807) is 19.9 Å². The molecule has 1 aromatic rings. The molecule has 0 bridgehead atoms. The van der Waals surface area contributed by atoms with Crippen molar-refractivity contribution in [1.29, 1.82) is 0 Å². The molecule has 0 spiro atoms. The molecule has 0 aliphatic heterocycles. The summed E-state index contributed by atoms with van der Waals surface area (Å²) in [6, 6.07) is 2.76. The molecule has 0 radical (unpaired) electrons. The average molecular weight is 349 g/mol. The Morgan fingerprint density at radius 2 is 2.05 bits per heavy atom. The van der Waals surface area contributed by atoms with Gasteiger partial charge in [-0.05, 0) is 51.5 Å². The van der Waals surface area contributed by atoms with Crippen LogP contribution in [0.1, 0.15) is 44.1 Å². The first-order valence-electron chi connectivity index (χ1n) is 7.28. The van der Waals surface area contributed by atoms with E-state index in [2.05, 4.69) is 24.0 Å². The molecule has 0 aromatic carbocycles. The number of aliphatic hydroxyl groups is 1. The smallest absolute Gasteiger partial charge is 0.189 e. The Bertz CT molecular complexity index is 609. The number of rotatable bonds is 6. The second-order valence-corrected chi connectivity index (χ2v) is 14.6. The Balaban J connectivity index is 3.23. The van der Waals surface area contributed by atoms with Crippen LogP contribution in [-0.2, 0) is 15.5 Å². The first-order chi connectivity index (χ1) is 9.39. The number of hydrogen-bond donors (Lipinski definition) is 2. The van der Waals surface area contributed by atoms with Crippen molar-refractivity contribution >= 4 is 29.5 Å². The average Bonchev–Trinajstić information content (AvgIpc) is 2.68. The molecule has 3 N–H and O–H groups in total. The van der Waals surface area contributed by atoms with Crippen LogP contribution in [0.3, 0.4) is 0 Å². The summed E-state index contributed by atoms with van der Waals surface area (Å²) in [6.07, 6.45) is 2.20. The molecule has 0 aliphatic rings. The molecular formula is C14H28N2O2S2Si. The van der Waals surface area contributed by atoms with E-state index in [0.717, 1.165) is 29.3 Å². The van der Waals surface area contributed by atoms with Crippen LogP contribution in [0, 0.1) is 6.92 Å². The van der Waals surface area contributed by atoms with Crippen LogP contribution in [0.5, 0.6) is 0 Å². The monoisotopic (exact) mass is 348 g/mol. The van der Waals surface area contributed by atoms with Crippen LogP contribution in [-0.4, -0.2) is 17.6 Å². The zero-order chi connectivity index (χ0) is 16.5. The minimum absolute atomic E-state index is 0.578. The summed E-state index contributed by atoms with van der Waals surface area (Å²) in [5, 5.41) is 16.2. The maximum atomic E-state index is 12.8. The number of unbranched alkanes of at least 4 members (excludes halogenated alkanes) is 1. The predicted molar refractivity (Wildman–Crippen MR) is 94.5 cm³/mol. The van der Waals surface area contributed by atoms with Crippen LogP contribution >= 0.6 is 11.3 Å². The van der Waals surface area contributed by atoms with Gasteiger partial charge in [-0.1, -0.05) is 19.8 Å². The SMILES string of the molecule is CCCC[Si](C)(C)N=S(N)(=O)c1cc(C(C)(C)O)c(C)s1. The summed E-state index contributed by atoms with van der Waals surface area (Å²) in [4.78, 5) is 0.943. The lowest BCUT2D eigenvalue weighted by molar-refractivity contribution is 0.0783. The third-order valence-electron chi connectivity index (χ3n) is 3.37. The summed E-state index contributed by atoms with van der Waals surface area (Å²) >= 11 is 1.38. The molecule has 1 aromatic heterocycles. The largest absolute Gasteiger partial charge is 0.386 e. The maximum absolute atomic E-state index is 12.8. The number of hydrogen-bond acceptors (Lipinski definition) is 4. The summed E-state index contributed by atoms with van der Waals surface area (Å²) in [7, 11) is -4.79. The summed E-state index contributed by atoms with van der Waals surface area (Å²) in [5.74, 6) is 0. The molecule has 1 atom stereocenters. The second kappa shape index (κ2) is 6.50. The van der Waals surface area contributed by atoms with E-state index >= 15 is 0 Å². The van der Waals surface area contributed by atoms with E-state index < -0.39 is 23.8 Å². The Hall–Kier alpha value is -0.213. The Kier molecular flexibility index (Phi) is 5.83. The molecule has 0 saturated carbocycles. The number of thiophene rings is 1. The van der Waals surface area contributed by atoms with Gasteiger partial charge >= 0.3 is 0 Å². The molecule has 0 saturated heterocycles. The fourth-order valence-electron chi connectivity index (χ4n) is 2.27. The van der Waals surface area contributed by atoms with Crippen LogP contribution in [0.15, 0.2) is 14.3 Å². The van der Waals surface area contributed by atoms with Gasteiger partial charge in [0.15, 0.2) is 8.24 Å². The molecule has 7 heteroatoms. The topological polar surface area (TPSA) is 75.7 Å². The zero-order valence-corrected chi connectivity index (χ0v) is 16.5. The lowest BCUT2D eigenvalue weighted by Gasteiger charge is -2.18. The van der Waals surface area contributed by atoms with Crippen molar-refractivity contribution in [2.75, 3.05) is 0 Å². The minimum atomic E-state index is -2.87. The van der Waals surface area contributed by atoms with Gasteiger partial charge in [-0.25, -0.2) is 9.35 Å². The van der Waals surface area contributed by atoms with Crippen molar-refractivity contribution in [2.45, 2.75) is 69.5 Å². The fraction of sp³-hybridized carbons (Fsp3) is 0.714. The first-order valence-corrected chi connectivity index (χ1v) is 12.8. The predicted octanol–water partition coefficient (Wildman–Crippen LogP) is 3.99. The highest BCUT2D eigenvalue weighted by Gasteiger charge is 2.27. The minimum Gasteiger partial charge on any atom is -0.386 e. The van der Waals surface area contributed by atoms with Gasteiger partial charge in [0.2, 0.25) is 0 Å². The number of nitrogens with zero attached hydrogens (tertiary/aromatic N) is 1. The van der Waals surface area contributed by atoms with E-state index in [9.17, 15) is 9.32 Å². The Morgan fingerprint density at radius 3 is 2.48 bits per heavy atom. The molecule has 1 unspecified atom stereocenters. The van der Waals surface area contributed by atoms with E-state index in [4.69, 9.17) is 5.14 Å². The van der Waals surface area contributed by atoms with Crippen LogP contribution in [0.25, 0.3) is 0 Å². The highest BCUT2D eigenvalue weighted by molar-refractivity contribution is 7.94. The molecule has 0 fully saturated rings. The Morgan fingerprint density at radius 1 is 1.48 bits per heavy atom. The lowest BCUT2D eigenvalue weighted by Crippen LogP contribution is -2.27. The summed E-state index contributed by atoms with van der Waals surface area (Å²) in [5.41, 5.74) is -0.173. The van der Waals surface area contributed by atoms with Gasteiger partial charge in [0.25, 0.3) is 0 Å². The van der Waals surface area contributed by atoms with E-state index in [1.165, 1.54) is 11.3 Å². The highest BCUT2D eigenvalue weighted by Crippen LogP contribution is 2.33. The van der Waals surface area contributed by atoms with Gasteiger partial charge in [0.05, 0.1) is 5.60 Å². The summed E-state index contributed by atoms with van der Waals surface area (Å²) < 4.78 is 18.0. The van der Waals surface area contributed by atoms with Gasteiger partial charge in [0.1, 0.15) is 14.1 Å². The second-order valence-electron chi connectivity index (χ2n) is 6.67. The normalized spacial score (nSPS) is 15.8. The quantitative estimate of drug-likeness (QED) is 0.763. The molecule has 1 heterocycles. The third kappa shape index (κ3) is 5.17. The van der Waals surface area contributed by atoms with Gasteiger partial charge in [-0.15, -0.1) is 11.3 Å². The van der Waals surface area contributed by atoms with Gasteiger partial charge in [0, 0.05) is 4.88 Å². The highest BCUT2D eigenvalue weighted by atomic mass is 32.2. The van der Waals surface area contributed by atoms with E-state index in [-0.39, 0.29) is 0 Å². The number of nitrogens with two attached hydrogens (primary N) is 1. The molecule has 4 nitrogen and oxygen atoms in total. The molecule has 1 rings (SSSR count). The van der Waals surface area contributed by atoms with Crippen molar-refractivity contribution in [3.63, 3.8) is 0 Å². The molecule has 21 heavy (non-hydrogen) atoms. The van der Waals surface area contributed by atoms with Crippen LogP contribution in [0.4, 0.5) is 0 Å². The van der Waals surface area contributed by atoms with Crippen molar-refractivity contribution in [3.8, 4) is 0 Å². The van der Waals surface area contributed by atoms with Gasteiger partial charge in [-0.2, -0.15) is 0 Å². The van der Waals surface area contributed by atoms with Crippen LogP contribution in [0.2, 0.25) is 19.1 Å². The molecule has 0 amide bonds. The standard InChI is InChI=1S/C14H28N2O2S2Si/c1-7-8-9-21(5,6)16-20(15,18)13-10-12(11(2)19-13)14(3,4)17/h10,17H,7-9H2,1-6H3,(H2,15,16,18). The zero-order valence-electron chi connectivity index (χ0n) is 13.9. The molecule has 122 valence electrons. The number of aryl methyl sites for hydroxylation is 1. The third-order valence-corrected chi connectivity index (χ3v) is 10.5. The molecular weight excluding hydrogens is 320 g/mol. The van der Waals surface area contributed by atoms with Gasteiger partial charge < -0.3 is 5.11 Å². The van der Waals surface area contributed by atoms with Crippen molar-refractivity contribution in [3.05, 3.63) is 16.5 Å². The van der Waals surface area contributed by atoms with Crippen LogP contribution < -0.4 is 5.14 Å². The van der Waals surface area contributed by atoms with Crippen molar-refractivity contribution in [1.82, 2.24) is 0 Å². The fourth-order valence-corrected chi connectivity index (χ4v) is 9.53. The van der Waals surface area contributed by atoms with Crippen molar-refractivity contribution in [2.24, 2.45) is 9.17 Å². The van der Waals surface area contributed by atoms with E-state index in [0.29, 0.717) is 4.21 Å². The maximum Gasteiger partial charge on any atom is 0.189 e. The summed E-state index contributed by atoms with van der Waals surface area (Å²) in [6.45, 7) is 11.7. The first kappa shape index (κ1) is 18.8. The van der Waals surface area contributed by atoms with Gasteiger partial charge in [-0.3, -0.25) is 4.03 Å². The lowest BCUT2D eigenvalue weighted by atomic mass is 10.00. The Labute approximate surface area is 134 Å². The van der Waals surface area contributed by atoms with E-state index in [1.807, 2.05) is 6.92 Å². The molecule has 0 aliphatic carbocycles.